The van der Waals surface area contributed by atoms with Gasteiger partial charge in [-0.25, -0.2) is 0 Å². The monoisotopic (exact) mass is 325 g/mol. The zero-order valence-corrected chi connectivity index (χ0v) is 13.8. The van der Waals surface area contributed by atoms with Gasteiger partial charge in [-0.2, -0.15) is 5.10 Å². The molecule has 2 aromatic rings. The van der Waals surface area contributed by atoms with Gasteiger partial charge in [0, 0.05) is 18.9 Å². The zero-order chi connectivity index (χ0) is 16.4. The highest BCUT2D eigenvalue weighted by atomic mass is 16.5. The van der Waals surface area contributed by atoms with Crippen LogP contribution in [0.2, 0.25) is 0 Å². The van der Waals surface area contributed by atoms with Crippen molar-refractivity contribution in [2.24, 2.45) is 5.92 Å². The molecule has 0 radical (unpaired) electrons. The number of piperidine rings is 1. The van der Waals surface area contributed by atoms with Gasteiger partial charge in [0.25, 0.3) is 0 Å². The first-order valence-electron chi connectivity index (χ1n) is 8.80. The van der Waals surface area contributed by atoms with Crippen LogP contribution >= 0.6 is 0 Å². The molecule has 5 nitrogen and oxygen atoms in total. The average molecular weight is 325 g/mol. The van der Waals surface area contributed by atoms with Crippen LogP contribution in [0.25, 0.3) is 0 Å². The number of hydrogen-bond donors (Lipinski definition) is 0. The molecule has 24 heavy (non-hydrogen) atoms. The Balaban J connectivity index is 1.48. The predicted octanol–water partition coefficient (Wildman–Crippen LogP) is 2.52. The van der Waals surface area contributed by atoms with Crippen LogP contribution in [0.3, 0.4) is 0 Å². The van der Waals surface area contributed by atoms with Gasteiger partial charge in [-0.15, -0.1) is 0 Å². The first kappa shape index (κ1) is 15.2. The summed E-state index contributed by atoms with van der Waals surface area (Å²) in [6.45, 7) is 2.12. The number of ether oxygens (including phenoxy) is 1. The fourth-order valence-electron chi connectivity index (χ4n) is 3.83. The van der Waals surface area contributed by atoms with E-state index >= 15 is 0 Å². The molecule has 126 valence electrons. The van der Waals surface area contributed by atoms with Gasteiger partial charge in [0.1, 0.15) is 12.4 Å². The molecule has 1 saturated heterocycles. The second-order valence-electron chi connectivity index (χ2n) is 6.73. The van der Waals surface area contributed by atoms with Gasteiger partial charge < -0.3 is 9.64 Å². The summed E-state index contributed by atoms with van der Waals surface area (Å²) in [5, 5.41) is 4.30. The van der Waals surface area contributed by atoms with Gasteiger partial charge in [-0.05, 0) is 43.4 Å². The number of amides is 1. The SMILES string of the molecule is O=C([C@@H]1COc2ccccc2C1)N1CCCC[C@H]1Cn1cccn1. The fourth-order valence-corrected chi connectivity index (χ4v) is 3.83. The normalized spacial score (nSPS) is 23.4. The topological polar surface area (TPSA) is 47.4 Å². The highest BCUT2D eigenvalue weighted by Gasteiger charge is 2.34. The van der Waals surface area contributed by atoms with Crippen molar-refractivity contribution < 1.29 is 9.53 Å². The van der Waals surface area contributed by atoms with Gasteiger partial charge >= 0.3 is 0 Å². The molecule has 5 heteroatoms. The lowest BCUT2D eigenvalue weighted by Gasteiger charge is -2.38. The molecule has 1 aromatic heterocycles. The summed E-state index contributed by atoms with van der Waals surface area (Å²) in [6.07, 6.45) is 7.86. The molecular weight excluding hydrogens is 302 g/mol. The van der Waals surface area contributed by atoms with Gasteiger partial charge in [-0.1, -0.05) is 18.2 Å². The lowest BCUT2D eigenvalue weighted by atomic mass is 9.93. The second-order valence-corrected chi connectivity index (χ2v) is 6.73. The first-order chi connectivity index (χ1) is 11.8. The summed E-state index contributed by atoms with van der Waals surface area (Å²) in [4.78, 5) is 15.2. The highest BCUT2D eigenvalue weighted by molar-refractivity contribution is 5.80. The summed E-state index contributed by atoms with van der Waals surface area (Å²) < 4.78 is 7.76. The van der Waals surface area contributed by atoms with Crippen LogP contribution < -0.4 is 4.74 Å². The number of carbonyl (C=O) groups is 1. The summed E-state index contributed by atoms with van der Waals surface area (Å²) in [5.74, 6) is 1.09. The number of fused-ring (bicyclic) bond motifs is 1. The van der Waals surface area contributed by atoms with E-state index in [0.29, 0.717) is 6.61 Å². The Morgan fingerprint density at radius 1 is 1.25 bits per heavy atom. The number of benzene rings is 1. The molecule has 2 aliphatic rings. The van der Waals surface area contributed by atoms with Crippen LogP contribution in [0, 0.1) is 5.92 Å². The van der Waals surface area contributed by atoms with Crippen molar-refractivity contribution in [3.8, 4) is 5.75 Å². The molecule has 1 fully saturated rings. The summed E-state index contributed by atoms with van der Waals surface area (Å²) in [5.41, 5.74) is 1.14. The minimum absolute atomic E-state index is 0.0712. The third kappa shape index (κ3) is 3.03. The number of rotatable bonds is 3. The molecular formula is C19H23N3O2. The highest BCUT2D eigenvalue weighted by Crippen LogP contribution is 2.29. The van der Waals surface area contributed by atoms with Crippen molar-refractivity contribution in [2.75, 3.05) is 13.2 Å². The molecule has 0 bridgehead atoms. The van der Waals surface area contributed by atoms with Crippen LogP contribution in [-0.2, 0) is 17.8 Å². The van der Waals surface area contributed by atoms with E-state index in [1.165, 1.54) is 6.42 Å². The van der Waals surface area contributed by atoms with E-state index in [2.05, 4.69) is 16.1 Å². The molecule has 3 heterocycles. The molecule has 0 saturated carbocycles. The van der Waals surface area contributed by atoms with Gasteiger partial charge in [0.05, 0.1) is 18.5 Å². The van der Waals surface area contributed by atoms with Crippen molar-refractivity contribution in [3.05, 3.63) is 48.3 Å². The van der Waals surface area contributed by atoms with Crippen molar-refractivity contribution in [2.45, 2.75) is 38.3 Å². The molecule has 2 atom stereocenters. The van der Waals surface area contributed by atoms with E-state index in [9.17, 15) is 4.79 Å². The number of likely N-dealkylation sites (tertiary alicyclic amines) is 1. The Kier molecular flexibility index (Phi) is 4.24. The number of carbonyl (C=O) groups excluding carboxylic acids is 1. The Hall–Kier alpha value is -2.30. The van der Waals surface area contributed by atoms with E-state index in [1.54, 1.807) is 6.20 Å². The van der Waals surface area contributed by atoms with Crippen LogP contribution in [0.4, 0.5) is 0 Å². The Morgan fingerprint density at radius 3 is 3.04 bits per heavy atom. The molecule has 0 N–H and O–H groups in total. The van der Waals surface area contributed by atoms with Gasteiger partial charge in [0.15, 0.2) is 0 Å². The van der Waals surface area contributed by atoms with Gasteiger partial charge in [-0.3, -0.25) is 9.48 Å². The molecule has 0 unspecified atom stereocenters. The fraction of sp³-hybridized carbons (Fsp3) is 0.474. The standard InChI is InChI=1S/C19H23N3O2/c23-19(16-12-15-6-1-2-8-18(15)24-14-16)22-11-4-3-7-17(22)13-21-10-5-9-20-21/h1-2,5-6,8-10,16-17H,3-4,7,11-14H2/t16-,17-/m0/s1. The number of hydrogen-bond acceptors (Lipinski definition) is 3. The number of aromatic nitrogens is 2. The number of para-hydroxylation sites is 1. The van der Waals surface area contributed by atoms with E-state index in [0.717, 1.165) is 43.7 Å². The Bertz CT molecular complexity index is 698. The maximum atomic E-state index is 13.1. The van der Waals surface area contributed by atoms with Crippen LogP contribution in [-0.4, -0.2) is 39.8 Å². The third-order valence-electron chi connectivity index (χ3n) is 5.10. The molecule has 1 aromatic carbocycles. The van der Waals surface area contributed by atoms with Crippen molar-refractivity contribution >= 4 is 5.91 Å². The maximum absolute atomic E-state index is 13.1. The van der Waals surface area contributed by atoms with Crippen LogP contribution in [0.5, 0.6) is 5.75 Å². The summed E-state index contributed by atoms with van der Waals surface area (Å²) in [6, 6.07) is 10.2. The maximum Gasteiger partial charge on any atom is 0.229 e. The average Bonchev–Trinajstić information content (AvgIpc) is 3.14. The van der Waals surface area contributed by atoms with Crippen LogP contribution in [0.1, 0.15) is 24.8 Å². The Labute approximate surface area is 142 Å². The molecule has 4 rings (SSSR count). The minimum atomic E-state index is -0.0712. The van der Waals surface area contributed by atoms with E-state index in [1.807, 2.05) is 35.1 Å². The van der Waals surface area contributed by atoms with Crippen molar-refractivity contribution in [1.29, 1.82) is 0 Å². The largest absolute Gasteiger partial charge is 0.492 e. The van der Waals surface area contributed by atoms with Crippen molar-refractivity contribution in [1.82, 2.24) is 14.7 Å². The smallest absolute Gasteiger partial charge is 0.229 e. The van der Waals surface area contributed by atoms with E-state index in [4.69, 9.17) is 4.74 Å². The minimum Gasteiger partial charge on any atom is -0.492 e. The van der Waals surface area contributed by atoms with E-state index in [-0.39, 0.29) is 17.9 Å². The number of nitrogens with zero attached hydrogens (tertiary/aromatic N) is 3. The second kappa shape index (κ2) is 6.67. The molecule has 1 amide bonds. The quantitative estimate of drug-likeness (QED) is 0.871. The lowest BCUT2D eigenvalue weighted by Crippen LogP contribution is -2.50. The predicted molar refractivity (Wildman–Crippen MR) is 90.7 cm³/mol. The molecule has 0 aliphatic carbocycles. The van der Waals surface area contributed by atoms with Crippen molar-refractivity contribution in [3.63, 3.8) is 0 Å². The summed E-state index contributed by atoms with van der Waals surface area (Å²) in [7, 11) is 0. The lowest BCUT2D eigenvalue weighted by molar-refractivity contribution is -0.141. The zero-order valence-electron chi connectivity index (χ0n) is 13.8. The first-order valence-corrected chi connectivity index (χ1v) is 8.80. The summed E-state index contributed by atoms with van der Waals surface area (Å²) >= 11 is 0. The third-order valence-corrected chi connectivity index (χ3v) is 5.10. The van der Waals surface area contributed by atoms with Gasteiger partial charge in [0.2, 0.25) is 5.91 Å². The van der Waals surface area contributed by atoms with Crippen LogP contribution in [0.15, 0.2) is 42.7 Å². The van der Waals surface area contributed by atoms with E-state index < -0.39 is 0 Å². The molecule has 0 spiro atoms. The Morgan fingerprint density at radius 2 is 2.17 bits per heavy atom. The molecule has 2 aliphatic heterocycles.